The normalized spacial score (nSPS) is 16.1. The number of rotatable bonds is 10. The van der Waals surface area contributed by atoms with Gasteiger partial charge >= 0.3 is 0 Å². The molecule has 0 radical (unpaired) electrons. The summed E-state index contributed by atoms with van der Waals surface area (Å²) < 4.78 is 41.0. The maximum absolute atomic E-state index is 13.4. The van der Waals surface area contributed by atoms with Crippen LogP contribution in [0.5, 0.6) is 5.88 Å². The molecular weight excluding hydrogens is 542 g/mol. The molecule has 1 N–H and O–H groups in total. The molecule has 2 aromatic heterocycles. The highest BCUT2D eigenvalue weighted by atomic mass is 32.2. The first kappa shape index (κ1) is 30.6. The van der Waals surface area contributed by atoms with Gasteiger partial charge in [0, 0.05) is 30.6 Å². The molecule has 0 saturated carbocycles. The number of ether oxygens (including phenoxy) is 2. The number of hydrogen-bond acceptors (Lipinski definition) is 8. The van der Waals surface area contributed by atoms with E-state index in [1.54, 1.807) is 7.11 Å². The summed E-state index contributed by atoms with van der Waals surface area (Å²) in [7, 11) is -2.66. The number of aromatic nitrogens is 4. The number of benzene rings is 1. The van der Waals surface area contributed by atoms with Gasteiger partial charge in [-0.05, 0) is 72.4 Å². The molecule has 41 heavy (non-hydrogen) atoms. The Labute approximate surface area is 242 Å². The van der Waals surface area contributed by atoms with Gasteiger partial charge in [-0.3, -0.25) is 4.79 Å². The number of sulfonamides is 1. The lowest BCUT2D eigenvalue weighted by atomic mass is 9.75. The highest BCUT2D eigenvalue weighted by molar-refractivity contribution is 7.90. The van der Waals surface area contributed by atoms with Crippen LogP contribution in [0.1, 0.15) is 81.3 Å². The van der Waals surface area contributed by atoms with Crippen molar-refractivity contribution in [2.75, 3.05) is 13.7 Å². The summed E-state index contributed by atoms with van der Waals surface area (Å²) in [6.45, 7) is 15.2. The van der Waals surface area contributed by atoms with Crippen LogP contribution in [0, 0.1) is 13.8 Å². The fourth-order valence-corrected chi connectivity index (χ4v) is 5.80. The minimum Gasteiger partial charge on any atom is -0.475 e. The largest absolute Gasteiger partial charge is 0.475 e. The van der Waals surface area contributed by atoms with Crippen molar-refractivity contribution < 1.29 is 22.7 Å². The van der Waals surface area contributed by atoms with Crippen LogP contribution in [0.2, 0.25) is 0 Å². The number of carbonyl (C=O) groups excluding carboxylic acids is 1. The SMILES string of the molecule is CCC(C)c1cc(-c2ncc(C)c(C)n2)cc(C(C)(C)CC)c1CC(=O)NS(=O)(=O)c1cc2n(n1)C[C@H](OC)CO2. The second-order valence-corrected chi connectivity index (χ2v) is 13.1. The Morgan fingerprint density at radius 3 is 2.61 bits per heavy atom. The molecule has 1 aromatic carbocycles. The molecule has 1 aliphatic heterocycles. The standard InChI is InChI=1S/C30H41N5O5S/c1-9-18(3)23-11-21(29-31-15-19(4)20(5)32-29)12-25(30(6,7)10-2)24(23)13-26(36)34-41(37,38)27-14-28-35(33-27)16-22(39-8)17-40-28/h11-12,14-15,18,22H,9-10,13,16-17H2,1-8H3,(H,34,36)/t18?,22-/m0/s1. The predicted octanol–water partition coefficient (Wildman–Crippen LogP) is 4.61. The highest BCUT2D eigenvalue weighted by Gasteiger charge is 2.31. The zero-order chi connectivity index (χ0) is 30.1. The molecule has 11 heteroatoms. The number of fused-ring (bicyclic) bond motifs is 1. The number of carbonyl (C=O) groups is 1. The summed E-state index contributed by atoms with van der Waals surface area (Å²) in [4.78, 5) is 22.7. The van der Waals surface area contributed by atoms with E-state index in [-0.39, 0.29) is 28.9 Å². The van der Waals surface area contributed by atoms with Crippen LogP contribution in [0.15, 0.2) is 29.4 Å². The van der Waals surface area contributed by atoms with Crippen LogP contribution in [0.4, 0.5) is 0 Å². The van der Waals surface area contributed by atoms with Crippen LogP contribution in [-0.2, 0) is 37.9 Å². The third-order valence-corrected chi connectivity index (χ3v) is 9.48. The van der Waals surface area contributed by atoms with Gasteiger partial charge in [0.25, 0.3) is 10.0 Å². The summed E-state index contributed by atoms with van der Waals surface area (Å²) in [5.74, 6) is 0.449. The van der Waals surface area contributed by atoms with Gasteiger partial charge in [-0.2, -0.15) is 13.5 Å². The quantitative estimate of drug-likeness (QED) is 0.367. The van der Waals surface area contributed by atoms with E-state index in [4.69, 9.17) is 14.5 Å². The smallest absolute Gasteiger partial charge is 0.283 e. The van der Waals surface area contributed by atoms with Crippen molar-refractivity contribution in [3.63, 3.8) is 0 Å². The van der Waals surface area contributed by atoms with E-state index in [9.17, 15) is 13.2 Å². The average Bonchev–Trinajstić information content (AvgIpc) is 3.38. The summed E-state index contributed by atoms with van der Waals surface area (Å²) in [5.41, 5.74) is 5.34. The highest BCUT2D eigenvalue weighted by Crippen LogP contribution is 2.38. The fraction of sp³-hybridized carbons (Fsp3) is 0.533. The molecule has 3 aromatic rings. The number of nitrogens with zero attached hydrogens (tertiary/aromatic N) is 4. The van der Waals surface area contributed by atoms with E-state index in [0.29, 0.717) is 24.9 Å². The average molecular weight is 584 g/mol. The van der Waals surface area contributed by atoms with Crippen LogP contribution < -0.4 is 9.46 Å². The molecule has 1 unspecified atom stereocenters. The third kappa shape index (κ3) is 6.46. The van der Waals surface area contributed by atoms with Crippen molar-refractivity contribution in [3.05, 3.63) is 52.3 Å². The van der Waals surface area contributed by atoms with E-state index >= 15 is 0 Å². The molecule has 222 valence electrons. The van der Waals surface area contributed by atoms with Gasteiger partial charge in [-0.15, -0.1) is 0 Å². The van der Waals surface area contributed by atoms with Crippen molar-refractivity contribution in [2.45, 2.75) is 96.7 Å². The first-order valence-corrected chi connectivity index (χ1v) is 15.5. The van der Waals surface area contributed by atoms with Crippen molar-refractivity contribution in [3.8, 4) is 17.3 Å². The number of hydrogen-bond donors (Lipinski definition) is 1. The summed E-state index contributed by atoms with van der Waals surface area (Å²) in [6.07, 6.45) is 3.16. The van der Waals surface area contributed by atoms with Gasteiger partial charge in [0.15, 0.2) is 5.82 Å². The van der Waals surface area contributed by atoms with Gasteiger partial charge in [0.05, 0.1) is 13.0 Å². The molecule has 0 saturated heterocycles. The van der Waals surface area contributed by atoms with Crippen LogP contribution in [0.3, 0.4) is 0 Å². The van der Waals surface area contributed by atoms with E-state index in [1.165, 1.54) is 10.7 Å². The lowest BCUT2D eigenvalue weighted by Crippen LogP contribution is -2.34. The number of amides is 1. The van der Waals surface area contributed by atoms with Crippen LogP contribution in [0.25, 0.3) is 11.4 Å². The molecule has 0 aliphatic carbocycles. The van der Waals surface area contributed by atoms with Crippen molar-refractivity contribution in [1.82, 2.24) is 24.5 Å². The van der Waals surface area contributed by atoms with E-state index in [2.05, 4.69) is 61.6 Å². The topological polar surface area (TPSA) is 125 Å². The molecule has 2 atom stereocenters. The monoisotopic (exact) mass is 583 g/mol. The fourth-order valence-electron chi connectivity index (χ4n) is 4.86. The Morgan fingerprint density at radius 2 is 1.98 bits per heavy atom. The molecule has 3 heterocycles. The second-order valence-electron chi connectivity index (χ2n) is 11.5. The van der Waals surface area contributed by atoms with Gasteiger partial charge in [0.2, 0.25) is 16.8 Å². The summed E-state index contributed by atoms with van der Waals surface area (Å²) in [6, 6.07) is 5.44. The first-order chi connectivity index (χ1) is 19.3. The zero-order valence-corrected chi connectivity index (χ0v) is 26.1. The summed E-state index contributed by atoms with van der Waals surface area (Å²) >= 11 is 0. The third-order valence-electron chi connectivity index (χ3n) is 8.23. The molecule has 4 rings (SSSR count). The first-order valence-electron chi connectivity index (χ1n) is 14.1. The van der Waals surface area contributed by atoms with E-state index in [0.717, 1.165) is 46.4 Å². The van der Waals surface area contributed by atoms with Gasteiger partial charge < -0.3 is 9.47 Å². The Bertz CT molecular complexity index is 1550. The number of methoxy groups -OCH3 is 1. The second kappa shape index (κ2) is 11.9. The van der Waals surface area contributed by atoms with Crippen LogP contribution in [-0.4, -0.2) is 53.9 Å². The minimum absolute atomic E-state index is 0.0957. The molecular formula is C30H41N5O5S. The van der Waals surface area contributed by atoms with E-state index in [1.807, 2.05) is 20.0 Å². The Morgan fingerprint density at radius 1 is 1.24 bits per heavy atom. The lowest BCUT2D eigenvalue weighted by molar-refractivity contribution is -0.118. The van der Waals surface area contributed by atoms with Crippen molar-refractivity contribution in [2.24, 2.45) is 0 Å². The maximum Gasteiger partial charge on any atom is 0.283 e. The molecule has 0 bridgehead atoms. The molecule has 10 nitrogen and oxygen atoms in total. The summed E-state index contributed by atoms with van der Waals surface area (Å²) in [5, 5.41) is 3.90. The molecule has 0 spiro atoms. The number of aryl methyl sites for hydroxylation is 2. The molecule has 1 amide bonds. The Hall–Kier alpha value is -3.31. The van der Waals surface area contributed by atoms with Crippen molar-refractivity contribution in [1.29, 1.82) is 0 Å². The van der Waals surface area contributed by atoms with Crippen molar-refractivity contribution >= 4 is 15.9 Å². The predicted molar refractivity (Wildman–Crippen MR) is 157 cm³/mol. The van der Waals surface area contributed by atoms with Crippen LogP contribution >= 0.6 is 0 Å². The lowest BCUT2D eigenvalue weighted by Gasteiger charge is -2.30. The maximum atomic E-state index is 13.4. The number of nitrogens with one attached hydrogen (secondary N) is 1. The zero-order valence-electron chi connectivity index (χ0n) is 25.2. The minimum atomic E-state index is -4.22. The van der Waals surface area contributed by atoms with Gasteiger partial charge in [-0.25, -0.2) is 19.4 Å². The Kier molecular flexibility index (Phi) is 8.89. The van der Waals surface area contributed by atoms with Gasteiger partial charge in [0.1, 0.15) is 12.7 Å². The Balaban J connectivity index is 1.72. The molecule has 1 aliphatic rings. The van der Waals surface area contributed by atoms with E-state index < -0.39 is 15.9 Å². The van der Waals surface area contributed by atoms with Gasteiger partial charge in [-0.1, -0.05) is 34.6 Å². The molecule has 0 fully saturated rings.